The zero-order valence-electron chi connectivity index (χ0n) is 11.1. The monoisotopic (exact) mass is 266 g/mol. The normalized spacial score (nSPS) is 11.7. The second-order valence-electron chi connectivity index (χ2n) is 4.13. The van der Waals surface area contributed by atoms with Crippen LogP contribution in [0.5, 0.6) is 5.75 Å². The van der Waals surface area contributed by atoms with Crippen LogP contribution in [0.15, 0.2) is 24.3 Å². The van der Waals surface area contributed by atoms with E-state index in [1.807, 2.05) is 6.92 Å². The van der Waals surface area contributed by atoms with Crippen LogP contribution in [-0.4, -0.2) is 30.3 Å². The largest absolute Gasteiger partial charge is 0.489 e. The fourth-order valence-corrected chi connectivity index (χ4v) is 1.37. The lowest BCUT2D eigenvalue weighted by Gasteiger charge is -2.11. The highest BCUT2D eigenvalue weighted by Crippen LogP contribution is 2.17. The van der Waals surface area contributed by atoms with E-state index in [9.17, 15) is 9.59 Å². The van der Waals surface area contributed by atoms with Crippen molar-refractivity contribution in [2.45, 2.75) is 20.3 Å². The molecule has 0 aromatic heterocycles. The highest BCUT2D eigenvalue weighted by molar-refractivity contribution is 5.90. The van der Waals surface area contributed by atoms with Gasteiger partial charge in [-0.3, -0.25) is 4.79 Å². The van der Waals surface area contributed by atoms with Crippen LogP contribution in [0.3, 0.4) is 0 Å². The van der Waals surface area contributed by atoms with Crippen molar-refractivity contribution in [3.05, 3.63) is 29.8 Å². The maximum Gasteiger partial charge on any atom is 0.339 e. The summed E-state index contributed by atoms with van der Waals surface area (Å²) in [5, 5.41) is 8.95. The molecule has 1 atom stereocenters. The molecule has 19 heavy (non-hydrogen) atoms. The van der Waals surface area contributed by atoms with Crippen molar-refractivity contribution in [2.24, 2.45) is 5.92 Å². The Morgan fingerprint density at radius 3 is 2.58 bits per heavy atom. The molecule has 1 rings (SSSR count). The summed E-state index contributed by atoms with van der Waals surface area (Å²) in [5.41, 5.74) is 0.0933. The Bertz CT molecular complexity index is 441. The van der Waals surface area contributed by atoms with E-state index in [4.69, 9.17) is 14.6 Å². The zero-order chi connectivity index (χ0) is 14.3. The molecule has 0 spiro atoms. The van der Waals surface area contributed by atoms with Crippen molar-refractivity contribution in [3.63, 3.8) is 0 Å². The number of benzene rings is 1. The third-order valence-electron chi connectivity index (χ3n) is 2.72. The number of carboxylic acids is 1. The smallest absolute Gasteiger partial charge is 0.339 e. The van der Waals surface area contributed by atoms with Crippen LogP contribution in [0.2, 0.25) is 0 Å². The Labute approximate surface area is 112 Å². The molecule has 104 valence electrons. The quantitative estimate of drug-likeness (QED) is 0.605. The topological polar surface area (TPSA) is 72.8 Å². The Morgan fingerprint density at radius 2 is 1.95 bits per heavy atom. The van der Waals surface area contributed by atoms with Crippen molar-refractivity contribution < 1.29 is 24.2 Å². The van der Waals surface area contributed by atoms with Crippen LogP contribution >= 0.6 is 0 Å². The maximum absolute atomic E-state index is 11.4. The number of hydrogen-bond donors (Lipinski definition) is 1. The van der Waals surface area contributed by atoms with Gasteiger partial charge in [-0.1, -0.05) is 26.0 Å². The molecule has 0 saturated carbocycles. The van der Waals surface area contributed by atoms with E-state index < -0.39 is 5.97 Å². The molecule has 1 unspecified atom stereocenters. The van der Waals surface area contributed by atoms with Crippen LogP contribution in [-0.2, 0) is 9.53 Å². The molecule has 0 aliphatic carbocycles. The van der Waals surface area contributed by atoms with Crippen LogP contribution < -0.4 is 4.74 Å². The van der Waals surface area contributed by atoms with Crippen LogP contribution in [0.1, 0.15) is 30.6 Å². The first-order valence-electron chi connectivity index (χ1n) is 6.18. The molecular weight excluding hydrogens is 248 g/mol. The first-order valence-corrected chi connectivity index (χ1v) is 6.18. The number of para-hydroxylation sites is 1. The minimum absolute atomic E-state index is 0.0933. The molecule has 0 radical (unpaired) electrons. The van der Waals surface area contributed by atoms with Gasteiger partial charge in [-0.25, -0.2) is 4.79 Å². The van der Waals surface area contributed by atoms with E-state index >= 15 is 0 Å². The van der Waals surface area contributed by atoms with E-state index in [0.717, 1.165) is 6.42 Å². The molecule has 0 bridgehead atoms. The van der Waals surface area contributed by atoms with Crippen LogP contribution in [0, 0.1) is 5.92 Å². The number of carbonyl (C=O) groups excluding carboxylic acids is 1. The third-order valence-corrected chi connectivity index (χ3v) is 2.72. The summed E-state index contributed by atoms with van der Waals surface area (Å²) in [6.07, 6.45) is 0.724. The number of rotatable bonds is 7. The molecule has 0 aliphatic rings. The standard InChI is InChI=1S/C14H18O5/c1-3-10(2)14(17)19-9-8-18-12-7-5-4-6-11(12)13(15)16/h4-7,10H,3,8-9H2,1-2H3,(H,15,16). The average Bonchev–Trinajstić information content (AvgIpc) is 2.42. The van der Waals surface area contributed by atoms with Gasteiger partial charge in [-0.2, -0.15) is 0 Å². The van der Waals surface area contributed by atoms with Crippen molar-refractivity contribution >= 4 is 11.9 Å². The van der Waals surface area contributed by atoms with Crippen LogP contribution in [0.4, 0.5) is 0 Å². The number of ether oxygens (including phenoxy) is 2. The SMILES string of the molecule is CCC(C)C(=O)OCCOc1ccccc1C(=O)O. The Kier molecular flexibility index (Phi) is 5.85. The number of aromatic carboxylic acids is 1. The predicted octanol–water partition coefficient (Wildman–Crippen LogP) is 2.35. The summed E-state index contributed by atoms with van der Waals surface area (Å²) in [4.78, 5) is 22.3. The molecule has 0 aliphatic heterocycles. The molecular formula is C14H18O5. The number of hydrogen-bond acceptors (Lipinski definition) is 4. The summed E-state index contributed by atoms with van der Waals surface area (Å²) >= 11 is 0. The van der Waals surface area contributed by atoms with Gasteiger partial charge in [0, 0.05) is 0 Å². The minimum atomic E-state index is -1.05. The molecule has 0 heterocycles. The number of esters is 1. The van der Waals surface area contributed by atoms with Gasteiger partial charge in [0.15, 0.2) is 0 Å². The van der Waals surface area contributed by atoms with E-state index in [0.29, 0.717) is 0 Å². The van der Waals surface area contributed by atoms with Gasteiger partial charge >= 0.3 is 11.9 Å². The van der Waals surface area contributed by atoms with Crippen molar-refractivity contribution in [1.29, 1.82) is 0 Å². The average molecular weight is 266 g/mol. The summed E-state index contributed by atoms with van der Waals surface area (Å²) in [6.45, 7) is 3.94. The first-order chi connectivity index (χ1) is 9.06. The van der Waals surface area contributed by atoms with Crippen molar-refractivity contribution in [3.8, 4) is 5.75 Å². The highest BCUT2D eigenvalue weighted by Gasteiger charge is 2.12. The third kappa shape index (κ3) is 4.62. The molecule has 5 nitrogen and oxygen atoms in total. The highest BCUT2D eigenvalue weighted by atomic mass is 16.6. The van der Waals surface area contributed by atoms with E-state index in [-0.39, 0.29) is 36.4 Å². The van der Waals surface area contributed by atoms with Gasteiger partial charge in [-0.15, -0.1) is 0 Å². The fraction of sp³-hybridized carbons (Fsp3) is 0.429. The van der Waals surface area contributed by atoms with Crippen molar-refractivity contribution in [1.82, 2.24) is 0 Å². The van der Waals surface area contributed by atoms with Gasteiger partial charge in [0.1, 0.15) is 24.5 Å². The summed E-state index contributed by atoms with van der Waals surface area (Å²) in [5.74, 6) is -1.18. The molecule has 0 amide bonds. The van der Waals surface area contributed by atoms with E-state index in [2.05, 4.69) is 0 Å². The van der Waals surface area contributed by atoms with Crippen molar-refractivity contribution in [2.75, 3.05) is 13.2 Å². The molecule has 1 N–H and O–H groups in total. The second kappa shape index (κ2) is 7.41. The molecule has 0 saturated heterocycles. The van der Waals surface area contributed by atoms with Gasteiger partial charge in [-0.05, 0) is 18.6 Å². The molecule has 5 heteroatoms. The summed E-state index contributed by atoms with van der Waals surface area (Å²) in [7, 11) is 0. The lowest BCUT2D eigenvalue weighted by atomic mass is 10.1. The Hall–Kier alpha value is -2.04. The molecule has 0 fully saturated rings. The molecule has 1 aromatic rings. The summed E-state index contributed by atoms with van der Waals surface area (Å²) in [6, 6.07) is 6.34. The zero-order valence-corrected chi connectivity index (χ0v) is 11.1. The Morgan fingerprint density at radius 1 is 1.26 bits per heavy atom. The van der Waals surface area contributed by atoms with E-state index in [1.165, 1.54) is 6.07 Å². The minimum Gasteiger partial charge on any atom is -0.489 e. The van der Waals surface area contributed by atoms with Crippen LogP contribution in [0.25, 0.3) is 0 Å². The Balaban J connectivity index is 2.42. The lowest BCUT2D eigenvalue weighted by molar-refractivity contribution is -0.148. The van der Waals surface area contributed by atoms with Gasteiger partial charge < -0.3 is 14.6 Å². The second-order valence-corrected chi connectivity index (χ2v) is 4.13. The first kappa shape index (κ1) is 15.0. The maximum atomic E-state index is 11.4. The fourth-order valence-electron chi connectivity index (χ4n) is 1.37. The number of carboxylic acid groups (broad SMARTS) is 1. The molecule has 1 aromatic carbocycles. The predicted molar refractivity (Wildman–Crippen MR) is 69.3 cm³/mol. The van der Waals surface area contributed by atoms with Gasteiger partial charge in [0.2, 0.25) is 0 Å². The number of carbonyl (C=O) groups is 2. The van der Waals surface area contributed by atoms with E-state index in [1.54, 1.807) is 25.1 Å². The summed E-state index contributed by atoms with van der Waals surface area (Å²) < 4.78 is 10.3. The lowest BCUT2D eigenvalue weighted by Crippen LogP contribution is -2.18. The van der Waals surface area contributed by atoms with Gasteiger partial charge in [0.25, 0.3) is 0 Å². The van der Waals surface area contributed by atoms with Gasteiger partial charge in [0.05, 0.1) is 5.92 Å².